The SMILES string of the molecule is Cc1ccc2[nH]c3c(c2c1)CCCC3[NH2+]CCCOc1ccc(F)cc1. The summed E-state index contributed by atoms with van der Waals surface area (Å²) in [5.74, 6) is 0.504. The summed E-state index contributed by atoms with van der Waals surface area (Å²) in [5, 5.41) is 3.84. The van der Waals surface area contributed by atoms with E-state index in [4.69, 9.17) is 4.74 Å². The normalized spacial score (nSPS) is 16.6. The van der Waals surface area contributed by atoms with Gasteiger partial charge in [-0.1, -0.05) is 11.6 Å². The maximum atomic E-state index is 12.9. The first kappa shape index (κ1) is 17.1. The summed E-state index contributed by atoms with van der Waals surface area (Å²) in [4.78, 5) is 3.67. The van der Waals surface area contributed by atoms with E-state index in [9.17, 15) is 4.39 Å². The molecule has 1 aliphatic carbocycles. The summed E-state index contributed by atoms with van der Waals surface area (Å²) >= 11 is 0. The average molecular weight is 353 g/mol. The van der Waals surface area contributed by atoms with Gasteiger partial charge in [0.2, 0.25) is 0 Å². The molecule has 0 aliphatic heterocycles. The predicted molar refractivity (Wildman–Crippen MR) is 102 cm³/mol. The number of hydrogen-bond donors (Lipinski definition) is 2. The zero-order valence-electron chi connectivity index (χ0n) is 15.2. The Balaban J connectivity index is 1.33. The lowest BCUT2D eigenvalue weighted by Crippen LogP contribution is -2.85. The molecule has 3 N–H and O–H groups in total. The second-order valence-corrected chi connectivity index (χ2v) is 7.25. The molecule has 4 rings (SSSR count). The van der Waals surface area contributed by atoms with Crippen molar-refractivity contribution in [3.05, 3.63) is 65.1 Å². The molecular formula is C22H26FN2O+. The van der Waals surface area contributed by atoms with Crippen LogP contribution in [0.1, 0.15) is 42.1 Å². The van der Waals surface area contributed by atoms with Crippen molar-refractivity contribution in [1.82, 2.24) is 4.98 Å². The molecule has 4 heteroatoms. The number of fused-ring (bicyclic) bond motifs is 3. The van der Waals surface area contributed by atoms with Gasteiger partial charge in [0.05, 0.1) is 18.8 Å². The van der Waals surface area contributed by atoms with Crippen LogP contribution in [-0.4, -0.2) is 18.1 Å². The number of nitrogens with two attached hydrogens (primary N) is 1. The second-order valence-electron chi connectivity index (χ2n) is 7.25. The smallest absolute Gasteiger partial charge is 0.127 e. The van der Waals surface area contributed by atoms with Crippen molar-refractivity contribution in [3.8, 4) is 5.75 Å². The van der Waals surface area contributed by atoms with Crippen molar-refractivity contribution in [2.45, 2.75) is 38.6 Å². The van der Waals surface area contributed by atoms with Crippen molar-refractivity contribution in [2.24, 2.45) is 0 Å². The summed E-state index contributed by atoms with van der Waals surface area (Å²) in [6.45, 7) is 3.85. The highest BCUT2D eigenvalue weighted by Gasteiger charge is 2.26. The van der Waals surface area contributed by atoms with Crippen LogP contribution in [-0.2, 0) is 6.42 Å². The van der Waals surface area contributed by atoms with Crippen LogP contribution in [0.5, 0.6) is 5.75 Å². The van der Waals surface area contributed by atoms with E-state index in [1.807, 2.05) is 0 Å². The number of quaternary nitrogens is 1. The third kappa shape index (κ3) is 3.61. The highest BCUT2D eigenvalue weighted by Crippen LogP contribution is 2.33. The van der Waals surface area contributed by atoms with E-state index in [2.05, 4.69) is 35.4 Å². The van der Waals surface area contributed by atoms with Gasteiger partial charge in [0.1, 0.15) is 17.6 Å². The number of aromatic nitrogens is 1. The highest BCUT2D eigenvalue weighted by molar-refractivity contribution is 5.85. The van der Waals surface area contributed by atoms with E-state index in [0.717, 1.165) is 18.7 Å². The molecule has 3 nitrogen and oxygen atoms in total. The predicted octanol–water partition coefficient (Wildman–Crippen LogP) is 4.03. The van der Waals surface area contributed by atoms with Gasteiger partial charge in [0.25, 0.3) is 0 Å². The first-order valence-electron chi connectivity index (χ1n) is 9.53. The molecule has 0 amide bonds. The van der Waals surface area contributed by atoms with Gasteiger partial charge in [-0.25, -0.2) is 4.39 Å². The van der Waals surface area contributed by atoms with Crippen molar-refractivity contribution in [1.29, 1.82) is 0 Å². The fourth-order valence-electron chi connectivity index (χ4n) is 3.97. The average Bonchev–Trinajstić information content (AvgIpc) is 3.02. The van der Waals surface area contributed by atoms with Crippen LogP contribution in [0.3, 0.4) is 0 Å². The molecular weight excluding hydrogens is 327 g/mol. The molecule has 1 heterocycles. The van der Waals surface area contributed by atoms with Crippen molar-refractivity contribution >= 4 is 10.9 Å². The van der Waals surface area contributed by atoms with Crippen LogP contribution >= 0.6 is 0 Å². The molecule has 0 radical (unpaired) electrons. The Hall–Kier alpha value is -2.33. The Labute approximate surface area is 153 Å². The number of H-pyrrole nitrogens is 1. The molecule has 1 atom stereocenters. The molecule has 0 spiro atoms. The molecule has 0 bridgehead atoms. The minimum Gasteiger partial charge on any atom is -0.493 e. The van der Waals surface area contributed by atoms with Crippen LogP contribution in [0.2, 0.25) is 0 Å². The van der Waals surface area contributed by atoms with Crippen LogP contribution in [0.4, 0.5) is 4.39 Å². The standard InChI is InChI=1S/C22H25FN2O/c1-15-6-11-20-19(14-15)18-4-2-5-21(22(18)25-20)24-12-3-13-26-17-9-7-16(23)8-10-17/h6-11,14,21,24-25H,2-5,12-13H2,1H3/p+1. The Morgan fingerprint density at radius 3 is 2.88 bits per heavy atom. The van der Waals surface area contributed by atoms with Gasteiger partial charge < -0.3 is 15.0 Å². The summed E-state index contributed by atoms with van der Waals surface area (Å²) in [6, 6.07) is 13.4. The summed E-state index contributed by atoms with van der Waals surface area (Å²) in [5.41, 5.74) is 5.51. The first-order valence-corrected chi connectivity index (χ1v) is 9.53. The number of halogens is 1. The van der Waals surface area contributed by atoms with E-state index < -0.39 is 0 Å². The third-order valence-electron chi connectivity index (χ3n) is 5.29. The van der Waals surface area contributed by atoms with E-state index in [-0.39, 0.29) is 5.82 Å². The largest absolute Gasteiger partial charge is 0.493 e. The Morgan fingerprint density at radius 2 is 2.04 bits per heavy atom. The molecule has 26 heavy (non-hydrogen) atoms. The van der Waals surface area contributed by atoms with E-state index >= 15 is 0 Å². The van der Waals surface area contributed by atoms with Crippen LogP contribution < -0.4 is 10.1 Å². The quantitative estimate of drug-likeness (QED) is 0.646. The zero-order valence-corrected chi connectivity index (χ0v) is 15.2. The van der Waals surface area contributed by atoms with Gasteiger partial charge in [-0.05, 0) is 61.7 Å². The summed E-state index contributed by atoms with van der Waals surface area (Å²) in [6.07, 6.45) is 4.62. The van der Waals surface area contributed by atoms with Crippen LogP contribution in [0.15, 0.2) is 42.5 Å². The fourth-order valence-corrected chi connectivity index (χ4v) is 3.97. The highest BCUT2D eigenvalue weighted by atomic mass is 19.1. The van der Waals surface area contributed by atoms with E-state index in [0.29, 0.717) is 12.6 Å². The first-order chi connectivity index (χ1) is 12.7. The van der Waals surface area contributed by atoms with Gasteiger partial charge in [-0.15, -0.1) is 0 Å². The maximum absolute atomic E-state index is 12.9. The molecule has 1 unspecified atom stereocenters. The minimum atomic E-state index is -0.229. The zero-order chi connectivity index (χ0) is 17.9. The summed E-state index contributed by atoms with van der Waals surface area (Å²) < 4.78 is 18.6. The van der Waals surface area contributed by atoms with Gasteiger partial charge in [0, 0.05) is 23.7 Å². The second kappa shape index (κ2) is 7.50. The van der Waals surface area contributed by atoms with Crippen molar-refractivity contribution in [2.75, 3.05) is 13.2 Å². The number of hydrogen-bond acceptors (Lipinski definition) is 1. The van der Waals surface area contributed by atoms with Gasteiger partial charge >= 0.3 is 0 Å². The Morgan fingerprint density at radius 1 is 1.19 bits per heavy atom. The third-order valence-corrected chi connectivity index (χ3v) is 5.29. The Bertz CT molecular complexity index is 885. The lowest BCUT2D eigenvalue weighted by molar-refractivity contribution is -0.698. The van der Waals surface area contributed by atoms with Crippen LogP contribution in [0, 0.1) is 12.7 Å². The lowest BCUT2D eigenvalue weighted by atomic mass is 9.91. The molecule has 1 aliphatic rings. The molecule has 0 fully saturated rings. The number of benzene rings is 2. The monoisotopic (exact) mass is 353 g/mol. The van der Waals surface area contributed by atoms with Crippen LogP contribution in [0.25, 0.3) is 10.9 Å². The molecule has 1 aromatic heterocycles. The van der Waals surface area contributed by atoms with Gasteiger partial charge in [-0.3, -0.25) is 0 Å². The lowest BCUT2D eigenvalue weighted by Gasteiger charge is -2.21. The Kier molecular flexibility index (Phi) is 4.93. The van der Waals surface area contributed by atoms with Crippen molar-refractivity contribution < 1.29 is 14.4 Å². The number of rotatable bonds is 6. The maximum Gasteiger partial charge on any atom is 0.127 e. The van der Waals surface area contributed by atoms with Gasteiger partial charge in [0.15, 0.2) is 0 Å². The molecule has 3 aromatic rings. The fraction of sp³-hybridized carbons (Fsp3) is 0.364. The van der Waals surface area contributed by atoms with Gasteiger partial charge in [-0.2, -0.15) is 0 Å². The number of ether oxygens (including phenoxy) is 1. The molecule has 136 valence electrons. The minimum absolute atomic E-state index is 0.229. The number of nitrogens with one attached hydrogen (secondary N) is 1. The molecule has 0 saturated carbocycles. The summed E-state index contributed by atoms with van der Waals surface area (Å²) in [7, 11) is 0. The molecule has 0 saturated heterocycles. The van der Waals surface area contributed by atoms with E-state index in [1.54, 1.807) is 12.1 Å². The number of aryl methyl sites for hydroxylation is 2. The van der Waals surface area contributed by atoms with Crippen molar-refractivity contribution in [3.63, 3.8) is 0 Å². The topological polar surface area (TPSA) is 41.6 Å². The van der Waals surface area contributed by atoms with E-state index in [1.165, 1.54) is 59.1 Å². The molecule has 2 aromatic carbocycles. The number of aromatic amines is 1.